The van der Waals surface area contributed by atoms with Gasteiger partial charge in [0.15, 0.2) is 6.10 Å². The van der Waals surface area contributed by atoms with Gasteiger partial charge in [0.1, 0.15) is 0 Å². The summed E-state index contributed by atoms with van der Waals surface area (Å²) in [7, 11) is 1.84. The predicted octanol–water partition coefficient (Wildman–Crippen LogP) is 2.56. The Morgan fingerprint density at radius 3 is 2.67 bits per heavy atom. The van der Waals surface area contributed by atoms with Crippen LogP contribution in [-0.4, -0.2) is 36.0 Å². The minimum absolute atomic E-state index is 0.0650. The standard InChI is InChI=1S/C17H21NO3/c1-18(13-8-3-2-4-9-13)16(19)15-11-12-7-5-6-10-14(12)17(20)21-15/h5-7,10,13,15H,2-4,8-9,11H2,1H3. The molecule has 1 fully saturated rings. The van der Waals surface area contributed by atoms with Crippen molar-refractivity contribution in [3.63, 3.8) is 0 Å². The third-order valence-electron chi connectivity index (χ3n) is 4.64. The van der Waals surface area contributed by atoms with E-state index in [4.69, 9.17) is 4.74 Å². The highest BCUT2D eigenvalue weighted by Crippen LogP contribution is 2.25. The third-order valence-corrected chi connectivity index (χ3v) is 4.64. The number of hydrogen-bond acceptors (Lipinski definition) is 3. The fourth-order valence-corrected chi connectivity index (χ4v) is 3.34. The number of cyclic esters (lactones) is 1. The second-order valence-corrected chi connectivity index (χ2v) is 6.00. The van der Waals surface area contributed by atoms with Crippen LogP contribution in [0.5, 0.6) is 0 Å². The summed E-state index contributed by atoms with van der Waals surface area (Å²) in [4.78, 5) is 26.4. The molecule has 0 saturated heterocycles. The molecule has 2 aliphatic rings. The van der Waals surface area contributed by atoms with Gasteiger partial charge in [-0.2, -0.15) is 0 Å². The van der Waals surface area contributed by atoms with E-state index in [9.17, 15) is 9.59 Å². The first kappa shape index (κ1) is 14.1. The second-order valence-electron chi connectivity index (χ2n) is 6.00. The first-order chi connectivity index (χ1) is 10.2. The fourth-order valence-electron chi connectivity index (χ4n) is 3.34. The van der Waals surface area contributed by atoms with Gasteiger partial charge in [-0.1, -0.05) is 37.5 Å². The minimum atomic E-state index is -0.667. The molecule has 0 bridgehead atoms. The maximum absolute atomic E-state index is 12.6. The summed E-state index contributed by atoms with van der Waals surface area (Å²) in [6.07, 6.45) is 5.53. The number of nitrogens with zero attached hydrogens (tertiary/aromatic N) is 1. The summed E-state index contributed by atoms with van der Waals surface area (Å²) in [5, 5.41) is 0. The summed E-state index contributed by atoms with van der Waals surface area (Å²) in [6.45, 7) is 0. The highest BCUT2D eigenvalue weighted by Gasteiger charge is 2.34. The van der Waals surface area contributed by atoms with Crippen LogP contribution in [0, 0.1) is 0 Å². The first-order valence-electron chi connectivity index (χ1n) is 7.72. The number of esters is 1. The number of fused-ring (bicyclic) bond motifs is 1. The molecule has 1 aliphatic heterocycles. The number of benzene rings is 1. The maximum atomic E-state index is 12.6. The molecule has 4 nitrogen and oxygen atoms in total. The lowest BCUT2D eigenvalue weighted by Gasteiger charge is -2.34. The topological polar surface area (TPSA) is 46.6 Å². The van der Waals surface area contributed by atoms with Gasteiger partial charge in [0.2, 0.25) is 0 Å². The lowest BCUT2D eigenvalue weighted by atomic mass is 9.93. The van der Waals surface area contributed by atoms with Crippen LogP contribution in [0.2, 0.25) is 0 Å². The van der Waals surface area contributed by atoms with E-state index in [-0.39, 0.29) is 11.9 Å². The Morgan fingerprint density at radius 2 is 1.90 bits per heavy atom. The van der Waals surface area contributed by atoms with Gasteiger partial charge in [-0.05, 0) is 24.5 Å². The van der Waals surface area contributed by atoms with E-state index >= 15 is 0 Å². The highest BCUT2D eigenvalue weighted by molar-refractivity contribution is 5.95. The molecule has 1 atom stereocenters. The Morgan fingerprint density at radius 1 is 1.19 bits per heavy atom. The average molecular weight is 287 g/mol. The van der Waals surface area contributed by atoms with Crippen LogP contribution in [0.15, 0.2) is 24.3 Å². The Hall–Kier alpha value is -1.84. The van der Waals surface area contributed by atoms with Gasteiger partial charge >= 0.3 is 5.97 Å². The van der Waals surface area contributed by atoms with Gasteiger partial charge in [-0.3, -0.25) is 4.79 Å². The number of likely N-dealkylation sites (N-methyl/N-ethyl adjacent to an activating group) is 1. The smallest absolute Gasteiger partial charge is 0.339 e. The van der Waals surface area contributed by atoms with Crippen LogP contribution in [0.25, 0.3) is 0 Å². The second kappa shape index (κ2) is 5.88. The zero-order valence-corrected chi connectivity index (χ0v) is 12.4. The Labute approximate surface area is 125 Å². The van der Waals surface area contributed by atoms with Crippen LogP contribution >= 0.6 is 0 Å². The van der Waals surface area contributed by atoms with Gasteiger partial charge in [0.25, 0.3) is 5.91 Å². The summed E-state index contributed by atoms with van der Waals surface area (Å²) < 4.78 is 5.36. The molecule has 1 aromatic rings. The van der Waals surface area contributed by atoms with E-state index in [1.165, 1.54) is 19.3 Å². The third kappa shape index (κ3) is 2.80. The highest BCUT2D eigenvalue weighted by atomic mass is 16.5. The Balaban J connectivity index is 1.72. The van der Waals surface area contributed by atoms with Crippen molar-refractivity contribution < 1.29 is 14.3 Å². The van der Waals surface area contributed by atoms with Crippen LogP contribution in [0.1, 0.15) is 48.0 Å². The molecule has 0 radical (unpaired) electrons. The molecule has 1 saturated carbocycles. The maximum Gasteiger partial charge on any atom is 0.339 e. The van der Waals surface area contributed by atoms with Crippen LogP contribution < -0.4 is 0 Å². The first-order valence-corrected chi connectivity index (χ1v) is 7.72. The summed E-state index contributed by atoms with van der Waals surface area (Å²) in [5.74, 6) is -0.447. The van der Waals surface area contributed by atoms with Crippen molar-refractivity contribution in [2.75, 3.05) is 7.05 Å². The SMILES string of the molecule is CN(C(=O)C1Cc2ccccc2C(=O)O1)C1CCCCC1. The quantitative estimate of drug-likeness (QED) is 0.785. The van der Waals surface area contributed by atoms with Crippen molar-refractivity contribution in [3.8, 4) is 0 Å². The Kier molecular flexibility index (Phi) is 3.95. The molecule has 1 aromatic carbocycles. The van der Waals surface area contributed by atoms with Gasteiger partial charge in [-0.25, -0.2) is 4.79 Å². The van der Waals surface area contributed by atoms with Crippen molar-refractivity contribution in [2.24, 2.45) is 0 Å². The molecule has 0 spiro atoms. The molecule has 112 valence electrons. The van der Waals surface area contributed by atoms with Crippen LogP contribution in [0.4, 0.5) is 0 Å². The molecule has 1 aliphatic carbocycles. The molecule has 0 N–H and O–H groups in total. The normalized spacial score (nSPS) is 22.3. The van der Waals surface area contributed by atoms with E-state index < -0.39 is 6.10 Å². The van der Waals surface area contributed by atoms with Crippen molar-refractivity contribution in [2.45, 2.75) is 50.7 Å². The zero-order valence-electron chi connectivity index (χ0n) is 12.4. The van der Waals surface area contributed by atoms with E-state index in [1.54, 1.807) is 11.0 Å². The fraction of sp³-hybridized carbons (Fsp3) is 0.529. The van der Waals surface area contributed by atoms with Crippen molar-refractivity contribution >= 4 is 11.9 Å². The summed E-state index contributed by atoms with van der Waals surface area (Å²) in [5.41, 5.74) is 1.49. The summed E-state index contributed by atoms with van der Waals surface area (Å²) >= 11 is 0. The molecule has 0 aromatic heterocycles. The van der Waals surface area contributed by atoms with Crippen molar-refractivity contribution in [1.29, 1.82) is 0 Å². The van der Waals surface area contributed by atoms with Gasteiger partial charge < -0.3 is 9.64 Å². The zero-order chi connectivity index (χ0) is 14.8. The molecule has 21 heavy (non-hydrogen) atoms. The number of hydrogen-bond donors (Lipinski definition) is 0. The molecule has 4 heteroatoms. The van der Waals surface area contributed by atoms with Crippen LogP contribution in [0.3, 0.4) is 0 Å². The van der Waals surface area contributed by atoms with E-state index in [0.717, 1.165) is 18.4 Å². The van der Waals surface area contributed by atoms with E-state index in [0.29, 0.717) is 18.0 Å². The Bertz CT molecular complexity index is 549. The van der Waals surface area contributed by atoms with Crippen molar-refractivity contribution in [1.82, 2.24) is 4.90 Å². The van der Waals surface area contributed by atoms with E-state index in [1.807, 2.05) is 25.2 Å². The number of amides is 1. The molecular formula is C17H21NO3. The monoisotopic (exact) mass is 287 g/mol. The van der Waals surface area contributed by atoms with Crippen LogP contribution in [-0.2, 0) is 16.0 Å². The number of rotatable bonds is 2. The number of carbonyl (C=O) groups excluding carboxylic acids is 2. The molecule has 1 unspecified atom stereocenters. The molecule has 1 amide bonds. The summed E-state index contributed by atoms with van der Waals surface area (Å²) in [6, 6.07) is 7.65. The predicted molar refractivity (Wildman–Crippen MR) is 79.0 cm³/mol. The average Bonchev–Trinajstić information content (AvgIpc) is 2.54. The number of carbonyl (C=O) groups is 2. The van der Waals surface area contributed by atoms with Gasteiger partial charge in [0.05, 0.1) is 5.56 Å². The largest absolute Gasteiger partial charge is 0.448 e. The lowest BCUT2D eigenvalue weighted by Crippen LogP contribution is -2.47. The number of ether oxygens (including phenoxy) is 1. The molecule has 3 rings (SSSR count). The molecular weight excluding hydrogens is 266 g/mol. The lowest BCUT2D eigenvalue weighted by molar-refractivity contribution is -0.142. The van der Waals surface area contributed by atoms with Gasteiger partial charge in [-0.15, -0.1) is 0 Å². The van der Waals surface area contributed by atoms with Gasteiger partial charge in [0, 0.05) is 19.5 Å². The molecule has 1 heterocycles. The van der Waals surface area contributed by atoms with E-state index in [2.05, 4.69) is 0 Å². The van der Waals surface area contributed by atoms with Crippen molar-refractivity contribution in [3.05, 3.63) is 35.4 Å². The minimum Gasteiger partial charge on any atom is -0.448 e.